The van der Waals surface area contributed by atoms with Crippen LogP contribution in [0.2, 0.25) is 0 Å². The lowest BCUT2D eigenvalue weighted by Gasteiger charge is -2.17. The number of para-hydroxylation sites is 1. The molecule has 2 rings (SSSR count). The highest BCUT2D eigenvalue weighted by Crippen LogP contribution is 2.22. The number of hydrogen-bond acceptors (Lipinski definition) is 3. The highest BCUT2D eigenvalue weighted by molar-refractivity contribution is 5.80. The summed E-state index contributed by atoms with van der Waals surface area (Å²) >= 11 is 0. The van der Waals surface area contributed by atoms with Crippen molar-refractivity contribution in [2.45, 2.75) is 39.7 Å². The van der Waals surface area contributed by atoms with Crippen LogP contribution in [0.15, 0.2) is 42.5 Å². The van der Waals surface area contributed by atoms with Gasteiger partial charge in [0.05, 0.1) is 7.11 Å². The zero-order valence-electron chi connectivity index (χ0n) is 15.5. The average molecular weight is 341 g/mol. The van der Waals surface area contributed by atoms with Crippen molar-refractivity contribution >= 4 is 5.91 Å². The molecule has 0 aromatic heterocycles. The molecule has 2 aromatic rings. The fourth-order valence-corrected chi connectivity index (χ4v) is 2.64. The Morgan fingerprint density at radius 2 is 1.80 bits per heavy atom. The van der Waals surface area contributed by atoms with Crippen LogP contribution in [-0.2, 0) is 11.2 Å². The van der Waals surface area contributed by atoms with E-state index in [4.69, 9.17) is 9.47 Å². The quantitative estimate of drug-likeness (QED) is 0.742. The molecule has 1 N–H and O–H groups in total. The second-order valence-electron chi connectivity index (χ2n) is 6.16. The number of carbonyl (C=O) groups is 1. The highest BCUT2D eigenvalue weighted by atomic mass is 16.5. The fraction of sp³-hybridized carbons (Fsp3) is 0.381. The molecule has 4 nitrogen and oxygen atoms in total. The number of amides is 1. The van der Waals surface area contributed by atoms with Crippen LogP contribution in [0, 0.1) is 13.8 Å². The third-order valence-corrected chi connectivity index (χ3v) is 4.34. The minimum absolute atomic E-state index is 0.0964. The molecule has 0 aliphatic carbocycles. The Balaban J connectivity index is 1.79. The second kappa shape index (κ2) is 9.11. The van der Waals surface area contributed by atoms with Crippen molar-refractivity contribution in [3.8, 4) is 11.5 Å². The Labute approximate surface area is 150 Å². The molecule has 0 spiro atoms. The smallest absolute Gasteiger partial charge is 0.260 e. The molecule has 0 bridgehead atoms. The molecule has 1 atom stereocenters. The average Bonchev–Trinajstić information content (AvgIpc) is 2.62. The van der Waals surface area contributed by atoms with E-state index in [-0.39, 0.29) is 5.91 Å². The molecule has 0 heterocycles. The zero-order chi connectivity index (χ0) is 18.2. The molecule has 2 aromatic carbocycles. The van der Waals surface area contributed by atoms with Crippen molar-refractivity contribution in [3.05, 3.63) is 59.2 Å². The lowest BCUT2D eigenvalue weighted by molar-refractivity contribution is -0.127. The summed E-state index contributed by atoms with van der Waals surface area (Å²) in [5.41, 5.74) is 3.37. The number of aryl methyl sites for hydroxylation is 2. The van der Waals surface area contributed by atoms with Gasteiger partial charge in [-0.2, -0.15) is 0 Å². The van der Waals surface area contributed by atoms with Crippen LogP contribution < -0.4 is 14.8 Å². The molecule has 0 saturated heterocycles. The normalized spacial score (nSPS) is 11.7. The summed E-state index contributed by atoms with van der Waals surface area (Å²) in [6, 6.07) is 13.8. The summed E-state index contributed by atoms with van der Waals surface area (Å²) in [4.78, 5) is 12.2. The first-order valence-corrected chi connectivity index (χ1v) is 8.65. The number of hydrogen-bond donors (Lipinski definition) is 1. The maximum atomic E-state index is 12.2. The van der Waals surface area contributed by atoms with Gasteiger partial charge in [-0.15, -0.1) is 0 Å². The molecular weight excluding hydrogens is 314 g/mol. The van der Waals surface area contributed by atoms with Gasteiger partial charge in [-0.25, -0.2) is 0 Å². The van der Waals surface area contributed by atoms with Crippen LogP contribution in [0.1, 0.15) is 30.0 Å². The summed E-state index contributed by atoms with van der Waals surface area (Å²) in [5.74, 6) is 1.55. The number of rotatable bonds is 8. The molecule has 0 fully saturated rings. The number of ether oxygens (including phenoxy) is 2. The first-order chi connectivity index (χ1) is 12.0. The van der Waals surface area contributed by atoms with Gasteiger partial charge in [0.1, 0.15) is 11.5 Å². The minimum Gasteiger partial charge on any atom is -0.496 e. The molecule has 1 unspecified atom stereocenters. The summed E-state index contributed by atoms with van der Waals surface area (Å²) in [6.07, 6.45) is 1.19. The molecule has 1 amide bonds. The maximum absolute atomic E-state index is 12.2. The Kier molecular flexibility index (Phi) is 6.87. The van der Waals surface area contributed by atoms with Crippen LogP contribution in [0.4, 0.5) is 0 Å². The maximum Gasteiger partial charge on any atom is 0.260 e. The first-order valence-electron chi connectivity index (χ1n) is 8.65. The zero-order valence-corrected chi connectivity index (χ0v) is 15.5. The molecule has 0 radical (unpaired) electrons. The van der Waals surface area contributed by atoms with Gasteiger partial charge in [-0.1, -0.05) is 30.3 Å². The minimum atomic E-state index is -0.522. The number of benzene rings is 2. The fourth-order valence-electron chi connectivity index (χ4n) is 2.64. The van der Waals surface area contributed by atoms with Crippen LogP contribution in [0.3, 0.4) is 0 Å². The van der Waals surface area contributed by atoms with Crippen LogP contribution in [0.5, 0.6) is 11.5 Å². The molecule has 0 aliphatic rings. The van der Waals surface area contributed by atoms with E-state index in [0.29, 0.717) is 6.54 Å². The number of methoxy groups -OCH3 is 1. The largest absolute Gasteiger partial charge is 0.496 e. The van der Waals surface area contributed by atoms with E-state index in [0.717, 1.165) is 41.0 Å². The summed E-state index contributed by atoms with van der Waals surface area (Å²) < 4.78 is 11.1. The number of carbonyl (C=O) groups excluding carboxylic acids is 1. The van der Waals surface area contributed by atoms with Gasteiger partial charge < -0.3 is 14.8 Å². The van der Waals surface area contributed by atoms with E-state index < -0.39 is 6.10 Å². The van der Waals surface area contributed by atoms with Gasteiger partial charge in [0.15, 0.2) is 6.10 Å². The van der Waals surface area contributed by atoms with Crippen molar-refractivity contribution in [2.24, 2.45) is 0 Å². The van der Waals surface area contributed by atoms with E-state index in [9.17, 15) is 4.79 Å². The highest BCUT2D eigenvalue weighted by Gasteiger charge is 2.15. The van der Waals surface area contributed by atoms with Gasteiger partial charge in [-0.3, -0.25) is 4.79 Å². The van der Waals surface area contributed by atoms with Crippen LogP contribution in [-0.4, -0.2) is 25.7 Å². The van der Waals surface area contributed by atoms with Gasteiger partial charge in [0.2, 0.25) is 0 Å². The van der Waals surface area contributed by atoms with E-state index in [1.807, 2.05) is 56.3 Å². The second-order valence-corrected chi connectivity index (χ2v) is 6.16. The molecule has 134 valence electrons. The molecule has 0 saturated carbocycles. The van der Waals surface area contributed by atoms with E-state index in [1.165, 1.54) is 0 Å². The predicted molar refractivity (Wildman–Crippen MR) is 100 cm³/mol. The van der Waals surface area contributed by atoms with Crippen LogP contribution in [0.25, 0.3) is 0 Å². The van der Waals surface area contributed by atoms with Crippen LogP contribution >= 0.6 is 0 Å². The van der Waals surface area contributed by atoms with Gasteiger partial charge >= 0.3 is 0 Å². The topological polar surface area (TPSA) is 47.6 Å². The third-order valence-electron chi connectivity index (χ3n) is 4.34. The van der Waals surface area contributed by atoms with Crippen molar-refractivity contribution in [2.75, 3.05) is 13.7 Å². The predicted octanol–water partition coefficient (Wildman–Crippen LogP) is 3.83. The Bertz CT molecular complexity index is 712. The Hall–Kier alpha value is -2.49. The SMILES string of the molecule is COc1ccccc1CCCNC(=O)C(C)Oc1cccc(C)c1C. The summed E-state index contributed by atoms with van der Waals surface area (Å²) in [5, 5.41) is 2.94. The lowest BCUT2D eigenvalue weighted by atomic mass is 10.1. The Morgan fingerprint density at radius 3 is 2.56 bits per heavy atom. The monoisotopic (exact) mass is 341 g/mol. The first kappa shape index (κ1) is 18.8. The molecular formula is C21H27NO3. The standard InChI is InChI=1S/C21H27NO3/c1-15-9-7-13-19(16(15)2)25-17(3)21(23)22-14-8-11-18-10-5-6-12-20(18)24-4/h5-7,9-10,12-13,17H,8,11,14H2,1-4H3,(H,22,23). The van der Waals surface area contributed by atoms with E-state index in [1.54, 1.807) is 14.0 Å². The van der Waals surface area contributed by atoms with Crippen molar-refractivity contribution in [3.63, 3.8) is 0 Å². The van der Waals surface area contributed by atoms with E-state index in [2.05, 4.69) is 5.32 Å². The summed E-state index contributed by atoms with van der Waals surface area (Å²) in [6.45, 7) is 6.42. The summed E-state index contributed by atoms with van der Waals surface area (Å²) in [7, 11) is 1.67. The van der Waals surface area contributed by atoms with Crippen molar-refractivity contribution < 1.29 is 14.3 Å². The lowest BCUT2D eigenvalue weighted by Crippen LogP contribution is -2.37. The van der Waals surface area contributed by atoms with Gasteiger partial charge in [0.25, 0.3) is 5.91 Å². The molecule has 4 heteroatoms. The van der Waals surface area contributed by atoms with Gasteiger partial charge in [-0.05, 0) is 62.4 Å². The third kappa shape index (κ3) is 5.24. The molecule has 25 heavy (non-hydrogen) atoms. The number of nitrogens with one attached hydrogen (secondary N) is 1. The van der Waals surface area contributed by atoms with Crippen molar-refractivity contribution in [1.82, 2.24) is 5.32 Å². The van der Waals surface area contributed by atoms with E-state index >= 15 is 0 Å². The molecule has 0 aliphatic heterocycles. The Morgan fingerprint density at radius 1 is 1.08 bits per heavy atom. The van der Waals surface area contributed by atoms with Gasteiger partial charge in [0, 0.05) is 6.54 Å². The van der Waals surface area contributed by atoms with Crippen molar-refractivity contribution in [1.29, 1.82) is 0 Å².